The number of ether oxygens (including phenoxy) is 8. The van der Waals surface area contributed by atoms with Crippen LogP contribution in [0, 0.1) is 0 Å². The summed E-state index contributed by atoms with van der Waals surface area (Å²) in [5, 5.41) is 0. The molecule has 0 amide bonds. The molecule has 2 rings (SSSR count). The summed E-state index contributed by atoms with van der Waals surface area (Å²) in [5.41, 5.74) is 0.742. The summed E-state index contributed by atoms with van der Waals surface area (Å²) in [6.07, 6.45) is 13.5. The highest BCUT2D eigenvalue weighted by Crippen LogP contribution is 2.17. The highest BCUT2D eigenvalue weighted by atomic mass is 16.6. The Hall–Kier alpha value is -8.40. The summed E-state index contributed by atoms with van der Waals surface area (Å²) in [7, 11) is 0. The molecule has 0 heterocycles. The van der Waals surface area contributed by atoms with E-state index in [1.54, 1.807) is 19.1 Å². The number of esters is 8. The lowest BCUT2D eigenvalue weighted by atomic mass is 10.0. The van der Waals surface area contributed by atoms with Gasteiger partial charge >= 0.3 is 47.8 Å². The van der Waals surface area contributed by atoms with E-state index < -0.39 is 41.8 Å². The number of rotatable bonds is 24. The summed E-state index contributed by atoms with van der Waals surface area (Å²) in [4.78, 5) is 91.6. The Bertz CT molecular complexity index is 1980. The minimum Gasteiger partial charge on any atom is -0.458 e. The lowest BCUT2D eigenvalue weighted by Gasteiger charge is -2.10. The zero-order valence-electron chi connectivity index (χ0n) is 36.4. The van der Waals surface area contributed by atoms with Crippen molar-refractivity contribution in [3.05, 3.63) is 196 Å². The molecule has 0 unspecified atom stereocenters. The van der Waals surface area contributed by atoms with E-state index in [2.05, 4.69) is 73.4 Å². The lowest BCUT2D eigenvalue weighted by molar-refractivity contribution is -0.139. The number of carbonyl (C=O) groups is 8. The van der Waals surface area contributed by atoms with Gasteiger partial charge in [-0.1, -0.05) is 120 Å². The van der Waals surface area contributed by atoms with Gasteiger partial charge < -0.3 is 37.9 Å². The van der Waals surface area contributed by atoms with Gasteiger partial charge in [-0.05, 0) is 37.3 Å². The first-order valence-corrected chi connectivity index (χ1v) is 18.9. The van der Waals surface area contributed by atoms with Gasteiger partial charge in [-0.25, -0.2) is 38.4 Å². The molecule has 0 aliphatic heterocycles. The van der Waals surface area contributed by atoms with Gasteiger partial charge in [0, 0.05) is 17.7 Å². The van der Waals surface area contributed by atoms with Crippen LogP contribution in [0.5, 0.6) is 0 Å². The molecule has 0 aliphatic rings. The fourth-order valence-corrected chi connectivity index (χ4v) is 3.70. The predicted octanol–water partition coefficient (Wildman–Crippen LogP) is 7.38. The molecular weight excluding hydrogens is 845 g/mol. The Morgan fingerprint density at radius 2 is 0.692 bits per heavy atom. The van der Waals surface area contributed by atoms with Crippen molar-refractivity contribution in [3.8, 4) is 0 Å². The van der Waals surface area contributed by atoms with E-state index in [0.29, 0.717) is 5.57 Å². The number of carbonyl (C=O) groups excluding carboxylic acids is 8. The molecule has 0 fully saturated rings. The van der Waals surface area contributed by atoms with Crippen molar-refractivity contribution in [2.45, 2.75) is 6.92 Å². The molecule has 346 valence electrons. The van der Waals surface area contributed by atoms with Gasteiger partial charge in [0.15, 0.2) is 0 Å². The zero-order chi connectivity index (χ0) is 49.4. The Labute approximate surface area is 378 Å². The van der Waals surface area contributed by atoms with Gasteiger partial charge in [0.1, 0.15) is 52.9 Å². The van der Waals surface area contributed by atoms with Crippen LogP contribution in [0.15, 0.2) is 168 Å². The van der Waals surface area contributed by atoms with Crippen LogP contribution < -0.4 is 0 Å². The third kappa shape index (κ3) is 27.2. The van der Waals surface area contributed by atoms with Crippen LogP contribution in [0.4, 0.5) is 0 Å². The normalized spacial score (nSPS) is 9.25. The van der Waals surface area contributed by atoms with Crippen LogP contribution >= 0.6 is 0 Å². The van der Waals surface area contributed by atoms with Crippen LogP contribution in [-0.4, -0.2) is 101 Å². The second kappa shape index (κ2) is 37.4. The average molecular weight is 899 g/mol. The second-order valence-electron chi connectivity index (χ2n) is 11.6. The third-order valence-electron chi connectivity index (χ3n) is 6.45. The highest BCUT2D eigenvalue weighted by Gasteiger charge is 2.22. The summed E-state index contributed by atoms with van der Waals surface area (Å²) in [6.45, 7) is 33.0. The van der Waals surface area contributed by atoms with Crippen molar-refractivity contribution in [1.82, 2.24) is 0 Å². The quantitative estimate of drug-likeness (QED) is 0.0435. The maximum absolute atomic E-state index is 12.1. The first-order chi connectivity index (χ1) is 31.1. The zero-order valence-corrected chi connectivity index (χ0v) is 36.4. The third-order valence-corrected chi connectivity index (χ3v) is 6.45. The maximum atomic E-state index is 12.1. The topological polar surface area (TPSA) is 210 Å². The molecule has 0 aliphatic carbocycles. The lowest BCUT2D eigenvalue weighted by Crippen LogP contribution is -2.16. The molecule has 0 saturated heterocycles. The van der Waals surface area contributed by atoms with Gasteiger partial charge in [0.05, 0.1) is 27.8 Å². The van der Waals surface area contributed by atoms with Gasteiger partial charge in [0.25, 0.3) is 0 Å². The van der Waals surface area contributed by atoms with Crippen molar-refractivity contribution in [2.24, 2.45) is 0 Å². The maximum Gasteiger partial charge on any atom is 0.339 e. The van der Waals surface area contributed by atoms with Gasteiger partial charge in [0.2, 0.25) is 0 Å². The number of hydrogen-bond acceptors (Lipinski definition) is 16. The molecule has 0 radical (unpaired) electrons. The first kappa shape index (κ1) is 58.7. The van der Waals surface area contributed by atoms with Gasteiger partial charge in [-0.15, -0.1) is 0 Å². The first-order valence-electron chi connectivity index (χ1n) is 18.9. The molecule has 16 nitrogen and oxygen atoms in total. The molecule has 0 spiro atoms. The van der Waals surface area contributed by atoms with Gasteiger partial charge in [-0.2, -0.15) is 0 Å². The van der Waals surface area contributed by atoms with Gasteiger partial charge in [-0.3, -0.25) is 0 Å². The van der Waals surface area contributed by atoms with Crippen molar-refractivity contribution < 1.29 is 76.3 Å². The van der Waals surface area contributed by atoms with E-state index in [0.717, 1.165) is 12.2 Å². The van der Waals surface area contributed by atoms with Crippen LogP contribution in [0.25, 0.3) is 0 Å². The number of benzene rings is 2. The van der Waals surface area contributed by atoms with Crippen LogP contribution in [0.1, 0.15) is 58.7 Å². The molecule has 65 heavy (non-hydrogen) atoms. The Balaban J connectivity index is 0. The minimum atomic E-state index is -0.779. The molecule has 0 aromatic heterocycles. The Kier molecular flexibility index (Phi) is 33.7. The van der Waals surface area contributed by atoms with E-state index in [9.17, 15) is 38.4 Å². The van der Waals surface area contributed by atoms with E-state index >= 15 is 0 Å². The van der Waals surface area contributed by atoms with Crippen LogP contribution in [0.3, 0.4) is 0 Å². The number of hydrogen-bond donors (Lipinski definition) is 0. The minimum absolute atomic E-state index is 0.0108. The average Bonchev–Trinajstić information content (AvgIpc) is 3.32. The Morgan fingerprint density at radius 3 is 1.03 bits per heavy atom. The SMILES string of the molecule is C=CCOC(=O)/C=C\C(=O)OCC=C.C=CCOC(=O)C(=C)C.C=CCOC(=O)c1ccc(C(=O)OCC=C)c(C(=O)OCC=C)c1.C=CCOC(=O)c1ccccc1C(=O)OCC=C. The molecule has 2 aromatic carbocycles. The molecule has 0 atom stereocenters. The smallest absolute Gasteiger partial charge is 0.339 e. The van der Waals surface area contributed by atoms with Crippen LogP contribution in [0.2, 0.25) is 0 Å². The largest absolute Gasteiger partial charge is 0.458 e. The summed E-state index contributed by atoms with van der Waals surface area (Å²) >= 11 is 0. The van der Waals surface area contributed by atoms with E-state index in [-0.39, 0.29) is 86.6 Å². The van der Waals surface area contributed by atoms with Crippen LogP contribution in [-0.2, 0) is 52.3 Å². The molecule has 16 heteroatoms. The predicted molar refractivity (Wildman–Crippen MR) is 243 cm³/mol. The monoisotopic (exact) mass is 898 g/mol. The fourth-order valence-electron chi connectivity index (χ4n) is 3.70. The van der Waals surface area contributed by atoms with Crippen molar-refractivity contribution >= 4 is 47.8 Å². The summed E-state index contributed by atoms with van der Waals surface area (Å²) in [5.74, 6) is -4.91. The molecular formula is C49H54O16. The molecule has 0 N–H and O–H groups in total. The van der Waals surface area contributed by atoms with E-state index in [1.807, 2.05) is 0 Å². The van der Waals surface area contributed by atoms with E-state index in [1.165, 1.54) is 78.9 Å². The van der Waals surface area contributed by atoms with Crippen molar-refractivity contribution in [3.63, 3.8) is 0 Å². The standard InChI is InChI=1S/C18H18O6.C14H14O4.C10H12O4.C7H10O2/c1-4-9-22-16(19)13-7-8-14(17(20)23-10-5-2)15(12-13)18(21)24-11-6-3;1-3-9-17-13(15)11-7-5-6-8-12(11)14(16)18-10-4-2;1-3-7-13-9(11)5-6-10(12)14-8-4-2;1-4-5-9-7(8)6(2)3/h4-8,12H,1-3,9-11H2;3-8H,1-2,9-10H2;3-6H,1-2,7-8H2;4H,1-2,5H2,3H3/b;;6-5-;. The van der Waals surface area contributed by atoms with Crippen molar-refractivity contribution in [2.75, 3.05) is 52.9 Å². The summed E-state index contributed by atoms with van der Waals surface area (Å²) in [6, 6.07) is 10.2. The van der Waals surface area contributed by atoms with E-state index in [4.69, 9.17) is 23.7 Å². The summed E-state index contributed by atoms with van der Waals surface area (Å²) < 4.78 is 38.3. The molecule has 0 saturated carbocycles. The molecule has 2 aromatic rings. The highest BCUT2D eigenvalue weighted by molar-refractivity contribution is 6.05. The van der Waals surface area contributed by atoms with Crippen molar-refractivity contribution in [1.29, 1.82) is 0 Å². The second-order valence-corrected chi connectivity index (χ2v) is 11.6. The fraction of sp³-hybridized carbons (Fsp3) is 0.184. The molecule has 0 bridgehead atoms. The Morgan fingerprint density at radius 1 is 0.400 bits per heavy atom.